The van der Waals surface area contributed by atoms with Gasteiger partial charge in [-0.25, -0.2) is 9.48 Å². The van der Waals surface area contributed by atoms with Gasteiger partial charge in [-0.2, -0.15) is 5.10 Å². The number of methoxy groups -OCH3 is 1. The summed E-state index contributed by atoms with van der Waals surface area (Å²) in [6.07, 6.45) is 5.18. The third kappa shape index (κ3) is 6.76. The first-order chi connectivity index (χ1) is 17.4. The summed E-state index contributed by atoms with van der Waals surface area (Å²) in [4.78, 5) is 35.8. The van der Waals surface area contributed by atoms with Crippen molar-refractivity contribution < 1.29 is 19.2 Å². The van der Waals surface area contributed by atoms with Gasteiger partial charge in [0.1, 0.15) is 5.69 Å². The second kappa shape index (κ2) is 11.6. The number of anilines is 1. The fourth-order valence-corrected chi connectivity index (χ4v) is 4.31. The van der Waals surface area contributed by atoms with Crippen molar-refractivity contribution in [2.45, 2.75) is 38.6 Å². The van der Waals surface area contributed by atoms with Crippen LogP contribution in [0.4, 0.5) is 11.4 Å². The fraction of sp³-hybridized carbons (Fsp3) is 0.400. The Bertz CT molecular complexity index is 1360. The van der Waals surface area contributed by atoms with Crippen LogP contribution in [0.2, 0.25) is 0 Å². The minimum Gasteiger partial charge on any atom is -0.477 e. The molecule has 0 aliphatic carbocycles. The first-order valence-corrected chi connectivity index (χ1v) is 12.4. The molecule has 2 heterocycles. The van der Waals surface area contributed by atoms with Gasteiger partial charge in [0.15, 0.2) is 0 Å². The summed E-state index contributed by atoms with van der Waals surface area (Å²) in [7, 11) is 4.56. The van der Waals surface area contributed by atoms with Crippen molar-refractivity contribution in [1.29, 1.82) is 0 Å². The van der Waals surface area contributed by atoms with E-state index in [1.807, 2.05) is 13.8 Å². The maximum Gasteiger partial charge on any atom is 0.339 e. The first kappa shape index (κ1) is 27.9. The zero-order valence-electron chi connectivity index (χ0n) is 21.4. The molecule has 11 nitrogen and oxygen atoms in total. The number of nitro benzene ring substituents is 1. The van der Waals surface area contributed by atoms with E-state index in [9.17, 15) is 19.7 Å². The molecule has 1 N–H and O–H groups in total. The minimum atomic E-state index is -0.548. The molecule has 198 valence electrons. The SMILES string of the molecule is COC(=O)c1cc(-c2cnn(C)c2OCCCCC(C)(C)Nc2cc(Br)ccc2[N+](=O)[O-])c(=O)n(C)c1. The van der Waals surface area contributed by atoms with E-state index >= 15 is 0 Å². The van der Waals surface area contributed by atoms with E-state index in [0.29, 0.717) is 30.2 Å². The molecule has 0 aliphatic rings. The van der Waals surface area contributed by atoms with Gasteiger partial charge < -0.3 is 19.4 Å². The number of pyridine rings is 1. The van der Waals surface area contributed by atoms with Gasteiger partial charge in [-0.3, -0.25) is 14.9 Å². The zero-order chi connectivity index (χ0) is 27.3. The molecule has 2 aromatic heterocycles. The summed E-state index contributed by atoms with van der Waals surface area (Å²) >= 11 is 3.37. The largest absolute Gasteiger partial charge is 0.477 e. The number of unbranched alkanes of at least 4 members (excludes halogenated alkanes) is 1. The van der Waals surface area contributed by atoms with Gasteiger partial charge in [-0.1, -0.05) is 15.9 Å². The minimum absolute atomic E-state index is 0.0192. The number of nitrogens with one attached hydrogen (secondary N) is 1. The van der Waals surface area contributed by atoms with Crippen LogP contribution in [-0.2, 0) is 18.8 Å². The molecule has 0 unspecified atom stereocenters. The topological polar surface area (TPSA) is 131 Å². The quantitative estimate of drug-likeness (QED) is 0.151. The molecule has 3 rings (SSSR count). The van der Waals surface area contributed by atoms with Crippen LogP contribution in [0, 0.1) is 10.1 Å². The summed E-state index contributed by atoms with van der Waals surface area (Å²) in [5.74, 6) is -0.131. The van der Waals surface area contributed by atoms with E-state index in [-0.39, 0.29) is 22.4 Å². The predicted molar refractivity (Wildman–Crippen MR) is 143 cm³/mol. The van der Waals surface area contributed by atoms with Crippen molar-refractivity contribution >= 4 is 33.3 Å². The number of rotatable bonds is 11. The molecule has 0 aliphatic heterocycles. The van der Waals surface area contributed by atoms with E-state index in [0.717, 1.165) is 17.3 Å². The van der Waals surface area contributed by atoms with E-state index in [4.69, 9.17) is 9.47 Å². The molecule has 0 saturated heterocycles. The smallest absolute Gasteiger partial charge is 0.339 e. The number of nitrogens with zero attached hydrogens (tertiary/aromatic N) is 4. The Kier molecular flexibility index (Phi) is 8.74. The van der Waals surface area contributed by atoms with Gasteiger partial charge in [0.25, 0.3) is 11.2 Å². The molecule has 0 atom stereocenters. The summed E-state index contributed by atoms with van der Waals surface area (Å²) in [6.45, 7) is 4.35. The molecule has 3 aromatic rings. The number of aryl methyl sites for hydroxylation is 2. The summed E-state index contributed by atoms with van der Waals surface area (Å²) < 4.78 is 14.4. The molecule has 0 fully saturated rings. The number of nitro groups is 1. The van der Waals surface area contributed by atoms with Gasteiger partial charge in [0.2, 0.25) is 5.88 Å². The molecule has 0 radical (unpaired) electrons. The average Bonchev–Trinajstić information content (AvgIpc) is 3.19. The van der Waals surface area contributed by atoms with E-state index in [1.165, 1.54) is 40.9 Å². The van der Waals surface area contributed by atoms with Crippen LogP contribution in [0.15, 0.2) is 45.9 Å². The van der Waals surface area contributed by atoms with Crippen molar-refractivity contribution in [3.8, 4) is 17.0 Å². The Morgan fingerprint density at radius 1 is 1.22 bits per heavy atom. The zero-order valence-corrected chi connectivity index (χ0v) is 23.0. The maximum atomic E-state index is 12.8. The van der Waals surface area contributed by atoms with Crippen LogP contribution in [0.3, 0.4) is 0 Å². The number of halogens is 1. The molecule has 0 amide bonds. The summed E-state index contributed by atoms with van der Waals surface area (Å²) in [5.41, 5.74) is 0.799. The molecule has 0 bridgehead atoms. The van der Waals surface area contributed by atoms with Crippen LogP contribution >= 0.6 is 15.9 Å². The van der Waals surface area contributed by atoms with Gasteiger partial charge in [0, 0.05) is 36.4 Å². The normalized spacial score (nSPS) is 11.3. The van der Waals surface area contributed by atoms with Crippen LogP contribution < -0.4 is 15.6 Å². The van der Waals surface area contributed by atoms with Crippen molar-refractivity contribution in [2.24, 2.45) is 14.1 Å². The highest BCUT2D eigenvalue weighted by Gasteiger charge is 2.23. The molecular weight excluding hydrogens is 546 g/mol. The lowest BCUT2D eigenvalue weighted by Crippen LogP contribution is -2.31. The number of carbonyl (C=O) groups excluding carboxylic acids is 1. The Balaban J connectivity index is 1.65. The monoisotopic (exact) mass is 575 g/mol. The van der Waals surface area contributed by atoms with Crippen molar-refractivity contribution in [3.63, 3.8) is 0 Å². The highest BCUT2D eigenvalue weighted by Crippen LogP contribution is 2.32. The van der Waals surface area contributed by atoms with Crippen molar-refractivity contribution in [1.82, 2.24) is 14.3 Å². The Morgan fingerprint density at radius 2 is 1.95 bits per heavy atom. The van der Waals surface area contributed by atoms with Crippen LogP contribution in [0.1, 0.15) is 43.5 Å². The van der Waals surface area contributed by atoms with Crippen molar-refractivity contribution in [3.05, 3.63) is 67.2 Å². The molecule has 12 heteroatoms. The number of aromatic nitrogens is 3. The molecular formula is C25H30BrN5O6. The Morgan fingerprint density at radius 3 is 2.62 bits per heavy atom. The van der Waals surface area contributed by atoms with Crippen LogP contribution in [0.5, 0.6) is 5.88 Å². The highest BCUT2D eigenvalue weighted by atomic mass is 79.9. The second-order valence-corrected chi connectivity index (χ2v) is 10.2. The van der Waals surface area contributed by atoms with Gasteiger partial charge in [0.05, 0.1) is 41.5 Å². The fourth-order valence-electron chi connectivity index (χ4n) is 3.95. The molecule has 37 heavy (non-hydrogen) atoms. The van der Waals surface area contributed by atoms with Crippen molar-refractivity contribution in [2.75, 3.05) is 19.0 Å². The van der Waals surface area contributed by atoms with E-state index in [1.54, 1.807) is 26.2 Å². The molecule has 1 aromatic carbocycles. The third-order valence-electron chi connectivity index (χ3n) is 5.84. The predicted octanol–water partition coefficient (Wildman–Crippen LogP) is 4.68. The van der Waals surface area contributed by atoms with Crippen LogP contribution in [-0.4, -0.2) is 44.5 Å². The number of carbonyl (C=O) groups is 1. The van der Waals surface area contributed by atoms with Gasteiger partial charge in [-0.05, 0) is 51.3 Å². The maximum absolute atomic E-state index is 12.8. The third-order valence-corrected chi connectivity index (χ3v) is 6.34. The first-order valence-electron chi connectivity index (χ1n) is 11.6. The summed E-state index contributed by atoms with van der Waals surface area (Å²) in [6, 6.07) is 6.29. The molecule has 0 saturated carbocycles. The Hall–Kier alpha value is -3.67. The Labute approximate surface area is 222 Å². The number of hydrogen-bond acceptors (Lipinski definition) is 8. The average molecular weight is 576 g/mol. The number of hydrogen-bond donors (Lipinski definition) is 1. The lowest BCUT2D eigenvalue weighted by molar-refractivity contribution is -0.384. The number of benzene rings is 1. The summed E-state index contributed by atoms with van der Waals surface area (Å²) in [5, 5.41) is 18.9. The van der Waals surface area contributed by atoms with E-state index < -0.39 is 16.4 Å². The second-order valence-electron chi connectivity index (χ2n) is 9.27. The van der Waals surface area contributed by atoms with Gasteiger partial charge >= 0.3 is 5.97 Å². The molecule has 0 spiro atoms. The number of ether oxygens (including phenoxy) is 2. The van der Waals surface area contributed by atoms with Crippen LogP contribution in [0.25, 0.3) is 11.1 Å². The lowest BCUT2D eigenvalue weighted by atomic mass is 9.96. The van der Waals surface area contributed by atoms with Gasteiger partial charge in [-0.15, -0.1) is 0 Å². The standard InChI is InChI=1S/C25H30BrN5O6/c1-25(2,28-20-13-17(26)8-9-21(20)31(34)35)10-6-7-11-37-23-19(14-27-30(23)4)18-12-16(24(33)36-5)15-29(3)22(18)32/h8-9,12-15,28H,6-7,10-11H2,1-5H3. The van der Waals surface area contributed by atoms with E-state index in [2.05, 4.69) is 26.3 Å². The number of esters is 1. The lowest BCUT2D eigenvalue weighted by Gasteiger charge is -2.27. The highest BCUT2D eigenvalue weighted by molar-refractivity contribution is 9.10.